The molecule has 0 unspecified atom stereocenters. The van der Waals surface area contributed by atoms with Crippen LogP contribution in [0.5, 0.6) is 0 Å². The highest BCUT2D eigenvalue weighted by Gasteiger charge is 2.34. The fourth-order valence-corrected chi connectivity index (χ4v) is 1.29. The molecule has 0 aromatic carbocycles. The number of carbonyl (C=O) groups excluding carboxylic acids is 4. The molecule has 2 rings (SSSR count). The Morgan fingerprint density at radius 2 is 1.33 bits per heavy atom. The first-order valence-electron chi connectivity index (χ1n) is 4.28. The molecule has 0 aromatic heterocycles. The van der Waals surface area contributed by atoms with E-state index in [1.807, 2.05) is 0 Å². The SMILES string of the molecule is O=C1C=CC(=O)N1NN1C(=O)CCC1=O. The van der Waals surface area contributed by atoms with Crippen molar-refractivity contribution < 1.29 is 19.2 Å². The maximum absolute atomic E-state index is 11.2. The predicted molar refractivity (Wildman–Crippen MR) is 45.2 cm³/mol. The van der Waals surface area contributed by atoms with Crippen molar-refractivity contribution in [2.24, 2.45) is 0 Å². The summed E-state index contributed by atoms with van der Waals surface area (Å²) in [6, 6.07) is 0. The van der Waals surface area contributed by atoms with Crippen molar-refractivity contribution in [2.45, 2.75) is 12.8 Å². The van der Waals surface area contributed by atoms with Crippen LogP contribution in [0.4, 0.5) is 0 Å². The molecule has 0 radical (unpaired) electrons. The maximum atomic E-state index is 11.2. The predicted octanol–water partition coefficient (Wildman–Crippen LogP) is -1.52. The number of hydrazine groups is 2. The minimum Gasteiger partial charge on any atom is -0.273 e. The number of imide groups is 2. The first kappa shape index (κ1) is 9.53. The molecule has 1 fully saturated rings. The van der Waals surface area contributed by atoms with Crippen molar-refractivity contribution >= 4 is 23.6 Å². The first-order chi connectivity index (χ1) is 7.09. The van der Waals surface area contributed by atoms with Crippen molar-refractivity contribution in [3.8, 4) is 0 Å². The number of nitrogens with zero attached hydrogens (tertiary/aromatic N) is 2. The Labute approximate surface area is 84.2 Å². The van der Waals surface area contributed by atoms with Gasteiger partial charge in [0, 0.05) is 25.0 Å². The van der Waals surface area contributed by atoms with Crippen LogP contribution < -0.4 is 5.53 Å². The normalized spacial score (nSPS) is 21.1. The number of carbonyl (C=O) groups is 4. The molecule has 1 N–H and O–H groups in total. The van der Waals surface area contributed by atoms with Gasteiger partial charge >= 0.3 is 0 Å². The summed E-state index contributed by atoms with van der Waals surface area (Å²) in [6.45, 7) is 0. The Kier molecular flexibility index (Phi) is 2.09. The van der Waals surface area contributed by atoms with Crippen molar-refractivity contribution in [1.82, 2.24) is 15.6 Å². The number of hydrogen-bond donors (Lipinski definition) is 1. The van der Waals surface area contributed by atoms with Gasteiger partial charge in [0.25, 0.3) is 11.8 Å². The van der Waals surface area contributed by atoms with Crippen molar-refractivity contribution in [3.63, 3.8) is 0 Å². The third-order valence-corrected chi connectivity index (χ3v) is 2.06. The Morgan fingerprint density at radius 3 is 1.80 bits per heavy atom. The van der Waals surface area contributed by atoms with E-state index in [2.05, 4.69) is 5.53 Å². The summed E-state index contributed by atoms with van der Waals surface area (Å²) in [5.74, 6) is -2.11. The average Bonchev–Trinajstić information content (AvgIpc) is 2.67. The number of amides is 4. The fourth-order valence-electron chi connectivity index (χ4n) is 1.29. The van der Waals surface area contributed by atoms with Gasteiger partial charge in [-0.15, -0.1) is 5.53 Å². The van der Waals surface area contributed by atoms with Gasteiger partial charge in [0.05, 0.1) is 0 Å². The minimum absolute atomic E-state index is 0.0927. The number of rotatable bonds is 2. The Balaban J connectivity index is 2.09. The van der Waals surface area contributed by atoms with Gasteiger partial charge in [-0.3, -0.25) is 19.2 Å². The van der Waals surface area contributed by atoms with Gasteiger partial charge < -0.3 is 0 Å². The van der Waals surface area contributed by atoms with E-state index in [9.17, 15) is 19.2 Å². The molecule has 4 amide bonds. The van der Waals surface area contributed by atoms with Crippen LogP contribution in [0.1, 0.15) is 12.8 Å². The Hall–Kier alpha value is -2.02. The van der Waals surface area contributed by atoms with E-state index in [0.717, 1.165) is 12.2 Å². The quantitative estimate of drug-likeness (QED) is 0.558. The van der Waals surface area contributed by atoms with Crippen LogP contribution in [-0.4, -0.2) is 33.6 Å². The molecule has 2 aliphatic heterocycles. The van der Waals surface area contributed by atoms with Crippen LogP contribution in [-0.2, 0) is 19.2 Å². The van der Waals surface area contributed by atoms with Gasteiger partial charge in [-0.05, 0) is 0 Å². The second-order valence-electron chi connectivity index (χ2n) is 3.07. The van der Waals surface area contributed by atoms with E-state index in [0.29, 0.717) is 10.0 Å². The zero-order chi connectivity index (χ0) is 11.0. The molecule has 15 heavy (non-hydrogen) atoms. The van der Waals surface area contributed by atoms with Gasteiger partial charge in [0.1, 0.15) is 0 Å². The van der Waals surface area contributed by atoms with Gasteiger partial charge in [-0.25, -0.2) is 0 Å². The standard InChI is InChI=1S/C8H7N3O4/c12-5-1-2-6(13)10(5)9-11-7(14)3-4-8(11)15/h1-2,9H,3-4H2. The van der Waals surface area contributed by atoms with Crippen molar-refractivity contribution in [2.75, 3.05) is 0 Å². The summed E-state index contributed by atoms with van der Waals surface area (Å²) in [5, 5.41) is 1.30. The van der Waals surface area contributed by atoms with Crippen LogP contribution in [0, 0.1) is 0 Å². The molecule has 0 aromatic rings. The molecular weight excluding hydrogens is 202 g/mol. The second kappa shape index (κ2) is 3.28. The Morgan fingerprint density at radius 1 is 0.867 bits per heavy atom. The smallest absolute Gasteiger partial charge is 0.269 e. The lowest BCUT2D eigenvalue weighted by Crippen LogP contribution is -2.54. The van der Waals surface area contributed by atoms with Gasteiger partial charge in [-0.1, -0.05) is 0 Å². The van der Waals surface area contributed by atoms with Crippen LogP contribution in [0.25, 0.3) is 0 Å². The van der Waals surface area contributed by atoms with Crippen LogP contribution in [0.2, 0.25) is 0 Å². The Bertz CT molecular complexity index is 367. The molecule has 7 heteroatoms. The highest BCUT2D eigenvalue weighted by atomic mass is 16.2. The van der Waals surface area contributed by atoms with E-state index in [4.69, 9.17) is 0 Å². The van der Waals surface area contributed by atoms with E-state index in [1.54, 1.807) is 0 Å². The van der Waals surface area contributed by atoms with E-state index >= 15 is 0 Å². The molecule has 0 bridgehead atoms. The zero-order valence-corrected chi connectivity index (χ0v) is 7.60. The van der Waals surface area contributed by atoms with Gasteiger partial charge in [0.15, 0.2) is 0 Å². The van der Waals surface area contributed by atoms with E-state index in [-0.39, 0.29) is 12.8 Å². The largest absolute Gasteiger partial charge is 0.273 e. The van der Waals surface area contributed by atoms with Crippen molar-refractivity contribution in [1.29, 1.82) is 0 Å². The summed E-state index contributed by atoms with van der Waals surface area (Å²) in [6.07, 6.45) is 2.30. The molecule has 2 aliphatic rings. The van der Waals surface area contributed by atoms with Crippen LogP contribution in [0.15, 0.2) is 12.2 Å². The molecule has 0 atom stereocenters. The fraction of sp³-hybridized carbons (Fsp3) is 0.250. The lowest BCUT2D eigenvalue weighted by atomic mass is 10.4. The molecule has 0 aliphatic carbocycles. The topological polar surface area (TPSA) is 86.8 Å². The molecular formula is C8H7N3O4. The first-order valence-corrected chi connectivity index (χ1v) is 4.28. The average molecular weight is 209 g/mol. The minimum atomic E-state index is -0.604. The molecule has 7 nitrogen and oxygen atoms in total. The molecule has 1 saturated heterocycles. The van der Waals surface area contributed by atoms with E-state index < -0.39 is 23.6 Å². The summed E-state index contributed by atoms with van der Waals surface area (Å²) in [5.41, 5.74) is 2.18. The highest BCUT2D eigenvalue weighted by molar-refractivity contribution is 6.12. The summed E-state index contributed by atoms with van der Waals surface area (Å²) in [4.78, 5) is 44.5. The molecule has 0 spiro atoms. The maximum Gasteiger partial charge on any atom is 0.269 e. The second-order valence-corrected chi connectivity index (χ2v) is 3.07. The summed E-state index contributed by atoms with van der Waals surface area (Å²) >= 11 is 0. The molecule has 78 valence electrons. The molecule has 0 saturated carbocycles. The van der Waals surface area contributed by atoms with Crippen LogP contribution >= 0.6 is 0 Å². The number of nitrogens with one attached hydrogen (secondary N) is 1. The van der Waals surface area contributed by atoms with E-state index in [1.165, 1.54) is 0 Å². The van der Waals surface area contributed by atoms with Crippen LogP contribution in [0.3, 0.4) is 0 Å². The summed E-state index contributed by atoms with van der Waals surface area (Å²) < 4.78 is 0. The monoisotopic (exact) mass is 209 g/mol. The van der Waals surface area contributed by atoms with Crippen molar-refractivity contribution in [3.05, 3.63) is 12.2 Å². The lowest BCUT2D eigenvalue weighted by molar-refractivity contribution is -0.156. The third-order valence-electron chi connectivity index (χ3n) is 2.06. The lowest BCUT2D eigenvalue weighted by Gasteiger charge is -2.21. The highest BCUT2D eigenvalue weighted by Crippen LogP contribution is 2.10. The van der Waals surface area contributed by atoms with Gasteiger partial charge in [0.2, 0.25) is 11.8 Å². The summed E-state index contributed by atoms with van der Waals surface area (Å²) in [7, 11) is 0. The number of hydrogen-bond acceptors (Lipinski definition) is 5. The van der Waals surface area contributed by atoms with Gasteiger partial charge in [-0.2, -0.15) is 10.0 Å². The molecule has 2 heterocycles. The third kappa shape index (κ3) is 1.52. The zero-order valence-electron chi connectivity index (χ0n) is 7.60.